The number of quaternary nitrogens is 1. The fraction of sp³-hybridized carbons (Fsp3) is 0.571. The lowest BCUT2D eigenvalue weighted by Gasteiger charge is -2.41. The summed E-state index contributed by atoms with van der Waals surface area (Å²) in [6.45, 7) is 12.8. The molecule has 1 aromatic carbocycles. The minimum absolute atomic E-state index is 0.695. The fourth-order valence-electron chi connectivity index (χ4n) is 2.31. The highest BCUT2D eigenvalue weighted by Crippen LogP contribution is 2.18. The van der Waals surface area contributed by atoms with E-state index in [9.17, 15) is 0 Å². The van der Waals surface area contributed by atoms with E-state index in [2.05, 4.69) is 58.0 Å². The van der Waals surface area contributed by atoms with Crippen molar-refractivity contribution in [3.8, 4) is 0 Å². The highest BCUT2D eigenvalue weighted by atomic mass is 15.4. The van der Waals surface area contributed by atoms with Crippen molar-refractivity contribution in [3.63, 3.8) is 0 Å². The second-order valence-electron chi connectivity index (χ2n) is 4.59. The lowest BCUT2D eigenvalue weighted by atomic mass is 10.1. The first-order valence-corrected chi connectivity index (χ1v) is 6.04. The van der Waals surface area contributed by atoms with Crippen LogP contribution in [0.1, 0.15) is 33.3 Å². The van der Waals surface area contributed by atoms with E-state index < -0.39 is 0 Å². The van der Waals surface area contributed by atoms with Gasteiger partial charge >= 0.3 is 0 Å². The highest BCUT2D eigenvalue weighted by Gasteiger charge is 2.27. The van der Waals surface area contributed by atoms with Crippen LogP contribution in [0, 0.1) is 0 Å². The van der Waals surface area contributed by atoms with Crippen molar-refractivity contribution in [2.45, 2.75) is 40.3 Å². The number of rotatable bonds is 5. The zero-order valence-electron chi connectivity index (χ0n) is 10.5. The standard InChI is InChI=1S/C14H24N/c1-5-15(6-2,13(3)4)12-14-10-8-7-9-11-14/h7-11,13H,5-6,12H2,1-4H3/q+1. The van der Waals surface area contributed by atoms with Crippen LogP contribution in [0.4, 0.5) is 0 Å². The summed E-state index contributed by atoms with van der Waals surface area (Å²) in [7, 11) is 0. The first-order chi connectivity index (χ1) is 7.14. The summed E-state index contributed by atoms with van der Waals surface area (Å²) >= 11 is 0. The molecule has 0 radical (unpaired) electrons. The Morgan fingerprint density at radius 1 is 1.00 bits per heavy atom. The zero-order chi connectivity index (χ0) is 11.3. The molecule has 0 aliphatic heterocycles. The van der Waals surface area contributed by atoms with Crippen LogP contribution in [0.3, 0.4) is 0 Å². The molecule has 84 valence electrons. The van der Waals surface area contributed by atoms with Crippen molar-refractivity contribution in [1.82, 2.24) is 0 Å². The Bertz CT molecular complexity index is 273. The van der Waals surface area contributed by atoms with Gasteiger partial charge in [-0.2, -0.15) is 0 Å². The van der Waals surface area contributed by atoms with Crippen molar-refractivity contribution in [2.24, 2.45) is 0 Å². The van der Waals surface area contributed by atoms with E-state index in [4.69, 9.17) is 0 Å². The Labute approximate surface area is 94.3 Å². The van der Waals surface area contributed by atoms with E-state index in [1.165, 1.54) is 23.1 Å². The number of nitrogens with zero attached hydrogens (tertiary/aromatic N) is 1. The predicted octanol–water partition coefficient (Wildman–Crippen LogP) is 3.45. The molecular weight excluding hydrogens is 182 g/mol. The van der Waals surface area contributed by atoms with Gasteiger partial charge in [0.15, 0.2) is 0 Å². The van der Waals surface area contributed by atoms with Crippen LogP contribution in [0.25, 0.3) is 0 Å². The molecule has 0 unspecified atom stereocenters. The number of benzene rings is 1. The minimum atomic E-state index is 0.695. The molecule has 0 amide bonds. The largest absolute Gasteiger partial charge is 0.318 e. The van der Waals surface area contributed by atoms with Crippen LogP contribution in [-0.2, 0) is 6.54 Å². The summed E-state index contributed by atoms with van der Waals surface area (Å²) in [5.74, 6) is 0. The first-order valence-electron chi connectivity index (χ1n) is 6.04. The molecule has 1 aromatic rings. The minimum Gasteiger partial charge on any atom is -0.318 e. The maximum absolute atomic E-state index is 2.33. The van der Waals surface area contributed by atoms with Gasteiger partial charge in [0.05, 0.1) is 19.1 Å². The molecular formula is C14H24N+. The van der Waals surface area contributed by atoms with Gasteiger partial charge in [0.2, 0.25) is 0 Å². The third-order valence-corrected chi connectivity index (χ3v) is 3.70. The third kappa shape index (κ3) is 2.82. The van der Waals surface area contributed by atoms with E-state index in [-0.39, 0.29) is 0 Å². The van der Waals surface area contributed by atoms with Crippen LogP contribution in [-0.4, -0.2) is 23.6 Å². The monoisotopic (exact) mass is 206 g/mol. The van der Waals surface area contributed by atoms with Gasteiger partial charge in [-0.05, 0) is 27.7 Å². The molecule has 1 nitrogen and oxygen atoms in total. The van der Waals surface area contributed by atoms with E-state index in [1.807, 2.05) is 0 Å². The summed E-state index contributed by atoms with van der Waals surface area (Å²) in [5.41, 5.74) is 1.45. The lowest BCUT2D eigenvalue weighted by molar-refractivity contribution is -0.957. The van der Waals surface area contributed by atoms with E-state index >= 15 is 0 Å². The number of hydrogen-bond acceptors (Lipinski definition) is 0. The average Bonchev–Trinajstić information content (AvgIpc) is 2.27. The summed E-state index contributed by atoms with van der Waals surface area (Å²) in [6.07, 6.45) is 0. The fourth-order valence-corrected chi connectivity index (χ4v) is 2.31. The molecule has 0 aliphatic carbocycles. The smallest absolute Gasteiger partial charge is 0.105 e. The van der Waals surface area contributed by atoms with Crippen LogP contribution in [0.5, 0.6) is 0 Å². The van der Waals surface area contributed by atoms with Gasteiger partial charge in [-0.15, -0.1) is 0 Å². The van der Waals surface area contributed by atoms with Gasteiger partial charge in [-0.1, -0.05) is 30.3 Å². The molecule has 0 atom stereocenters. The Balaban J connectivity index is 2.84. The van der Waals surface area contributed by atoms with E-state index in [0.717, 1.165) is 6.54 Å². The topological polar surface area (TPSA) is 0 Å². The van der Waals surface area contributed by atoms with Crippen molar-refractivity contribution in [2.75, 3.05) is 13.1 Å². The molecule has 0 N–H and O–H groups in total. The average molecular weight is 206 g/mol. The predicted molar refractivity (Wildman–Crippen MR) is 66.6 cm³/mol. The van der Waals surface area contributed by atoms with Gasteiger partial charge in [-0.3, -0.25) is 0 Å². The maximum Gasteiger partial charge on any atom is 0.105 e. The van der Waals surface area contributed by atoms with Gasteiger partial charge in [-0.25, -0.2) is 0 Å². The third-order valence-electron chi connectivity index (χ3n) is 3.70. The van der Waals surface area contributed by atoms with E-state index in [1.54, 1.807) is 0 Å². The van der Waals surface area contributed by atoms with Crippen molar-refractivity contribution in [3.05, 3.63) is 35.9 Å². The zero-order valence-corrected chi connectivity index (χ0v) is 10.5. The summed E-state index contributed by atoms with van der Waals surface area (Å²) < 4.78 is 1.18. The summed E-state index contributed by atoms with van der Waals surface area (Å²) in [6, 6.07) is 11.5. The lowest BCUT2D eigenvalue weighted by Crippen LogP contribution is -2.52. The van der Waals surface area contributed by atoms with Gasteiger partial charge < -0.3 is 4.48 Å². The second kappa shape index (κ2) is 5.32. The van der Waals surface area contributed by atoms with Crippen LogP contribution >= 0.6 is 0 Å². The Morgan fingerprint density at radius 3 is 1.93 bits per heavy atom. The summed E-state index contributed by atoms with van der Waals surface area (Å²) in [4.78, 5) is 0. The molecule has 0 fully saturated rings. The Hall–Kier alpha value is -0.820. The van der Waals surface area contributed by atoms with Crippen molar-refractivity contribution >= 4 is 0 Å². The number of hydrogen-bond donors (Lipinski definition) is 0. The molecule has 1 heteroatoms. The molecule has 0 heterocycles. The van der Waals surface area contributed by atoms with Gasteiger partial charge in [0.25, 0.3) is 0 Å². The van der Waals surface area contributed by atoms with Crippen molar-refractivity contribution in [1.29, 1.82) is 0 Å². The van der Waals surface area contributed by atoms with Gasteiger partial charge in [0, 0.05) is 5.56 Å². The molecule has 0 saturated carbocycles. The van der Waals surface area contributed by atoms with Crippen LogP contribution in [0.2, 0.25) is 0 Å². The van der Waals surface area contributed by atoms with Gasteiger partial charge in [0.1, 0.15) is 6.54 Å². The highest BCUT2D eigenvalue weighted by molar-refractivity contribution is 5.13. The Morgan fingerprint density at radius 2 is 1.53 bits per heavy atom. The van der Waals surface area contributed by atoms with Crippen LogP contribution in [0.15, 0.2) is 30.3 Å². The molecule has 0 aromatic heterocycles. The first kappa shape index (κ1) is 12.3. The molecule has 15 heavy (non-hydrogen) atoms. The summed E-state index contributed by atoms with van der Waals surface area (Å²) in [5, 5.41) is 0. The van der Waals surface area contributed by atoms with Crippen LogP contribution < -0.4 is 0 Å². The SMILES string of the molecule is CC[N+](CC)(Cc1ccccc1)C(C)C. The molecule has 0 aliphatic rings. The molecule has 1 rings (SSSR count). The maximum atomic E-state index is 2.33. The molecule has 0 saturated heterocycles. The normalized spacial score (nSPS) is 12.1. The molecule has 0 bridgehead atoms. The Kier molecular flexibility index (Phi) is 4.34. The molecule has 0 spiro atoms. The quantitative estimate of drug-likeness (QED) is 0.647. The second-order valence-corrected chi connectivity index (χ2v) is 4.59. The van der Waals surface area contributed by atoms with Crippen molar-refractivity contribution < 1.29 is 4.48 Å². The van der Waals surface area contributed by atoms with E-state index in [0.29, 0.717) is 6.04 Å².